The van der Waals surface area contributed by atoms with Crippen LogP contribution in [0.25, 0.3) is 0 Å². The lowest BCUT2D eigenvalue weighted by molar-refractivity contribution is 0.253. The third-order valence-corrected chi connectivity index (χ3v) is 8.80. The number of urea groups is 1. The van der Waals surface area contributed by atoms with Crippen LogP contribution in [0.15, 0.2) is 46.1 Å². The maximum atomic E-state index is 13.1. The highest BCUT2D eigenvalue weighted by Crippen LogP contribution is 2.37. The summed E-state index contributed by atoms with van der Waals surface area (Å²) >= 11 is 1.77. The van der Waals surface area contributed by atoms with E-state index in [2.05, 4.69) is 68.8 Å². The molecule has 36 heavy (non-hydrogen) atoms. The highest BCUT2D eigenvalue weighted by atomic mass is 32.1. The molecule has 1 aliphatic heterocycles. The number of fused-ring (bicyclic) bond motifs is 1. The van der Waals surface area contributed by atoms with Crippen LogP contribution in [0.2, 0.25) is 0 Å². The van der Waals surface area contributed by atoms with Gasteiger partial charge < -0.3 is 10.6 Å². The van der Waals surface area contributed by atoms with E-state index in [1.165, 1.54) is 69.6 Å². The van der Waals surface area contributed by atoms with Crippen LogP contribution in [0.3, 0.4) is 0 Å². The molecule has 4 nitrogen and oxygen atoms in total. The maximum Gasteiger partial charge on any atom is 0.320 e. The maximum absolute atomic E-state index is 13.1. The lowest BCUT2D eigenvalue weighted by Crippen LogP contribution is -2.33. The fourth-order valence-corrected chi connectivity index (χ4v) is 6.65. The number of anilines is 1. The van der Waals surface area contributed by atoms with Crippen LogP contribution in [0.1, 0.15) is 95.1 Å². The summed E-state index contributed by atoms with van der Waals surface area (Å²) in [6, 6.07) is -0.100. The van der Waals surface area contributed by atoms with Gasteiger partial charge in [0.2, 0.25) is 0 Å². The van der Waals surface area contributed by atoms with Gasteiger partial charge in [0, 0.05) is 18.0 Å². The molecule has 0 bridgehead atoms. The Morgan fingerprint density at radius 3 is 2.67 bits per heavy atom. The standard InChI is InChI=1S/C31H47N3OS/c1-6-9-14-24(13-8-3)22(4)28(27-18-19-32-20-25(27)15-10-7-2)21-33-31(35)34-30-23(5)26-16-11-12-17-29(26)36-30/h8,13-14,32H,6-7,9-12,15-21H2,1-5H3,(H2,33,34,35)/b13-8-,24-14+,28-22+. The van der Waals surface area contributed by atoms with Gasteiger partial charge in [-0.3, -0.25) is 5.32 Å². The Hall–Kier alpha value is -2.11. The molecule has 0 saturated heterocycles. The number of allylic oxidation sites excluding steroid dienone is 5. The topological polar surface area (TPSA) is 53.2 Å². The Morgan fingerprint density at radius 1 is 1.14 bits per heavy atom. The minimum atomic E-state index is -0.100. The molecule has 0 spiro atoms. The van der Waals surface area contributed by atoms with Gasteiger partial charge >= 0.3 is 6.03 Å². The Labute approximate surface area is 223 Å². The van der Waals surface area contributed by atoms with Gasteiger partial charge in [0.15, 0.2) is 0 Å². The fraction of sp³-hybridized carbons (Fsp3) is 0.581. The summed E-state index contributed by atoms with van der Waals surface area (Å²) in [7, 11) is 0. The molecule has 3 rings (SSSR count). The van der Waals surface area contributed by atoms with Crippen molar-refractivity contribution in [3.63, 3.8) is 0 Å². The Kier molecular flexibility index (Phi) is 11.5. The molecule has 0 aromatic carbocycles. The third kappa shape index (κ3) is 7.45. The van der Waals surface area contributed by atoms with Crippen molar-refractivity contribution in [1.82, 2.24) is 10.6 Å². The van der Waals surface area contributed by atoms with E-state index in [0.29, 0.717) is 6.54 Å². The third-order valence-electron chi connectivity index (χ3n) is 7.49. The number of thiophene rings is 1. The molecule has 2 amide bonds. The van der Waals surface area contributed by atoms with Gasteiger partial charge in [-0.05, 0) is 112 Å². The molecule has 1 aromatic heterocycles. The van der Waals surface area contributed by atoms with Crippen LogP contribution in [-0.2, 0) is 12.8 Å². The van der Waals surface area contributed by atoms with Crippen LogP contribution in [0.4, 0.5) is 9.80 Å². The smallest absolute Gasteiger partial charge is 0.320 e. The monoisotopic (exact) mass is 509 g/mol. The van der Waals surface area contributed by atoms with Gasteiger partial charge in [-0.1, -0.05) is 50.5 Å². The number of hydrogen-bond donors (Lipinski definition) is 3. The van der Waals surface area contributed by atoms with Crippen molar-refractivity contribution in [2.45, 2.75) is 98.8 Å². The molecule has 2 aliphatic rings. The Bertz CT molecular complexity index is 1020. The number of unbranched alkanes of at least 4 members (excludes halogenated alkanes) is 2. The predicted octanol–water partition coefficient (Wildman–Crippen LogP) is 8.16. The quantitative estimate of drug-likeness (QED) is 0.264. The summed E-state index contributed by atoms with van der Waals surface area (Å²) < 4.78 is 0. The van der Waals surface area contributed by atoms with Gasteiger partial charge in [0.25, 0.3) is 0 Å². The highest BCUT2D eigenvalue weighted by Gasteiger charge is 2.21. The molecular weight excluding hydrogens is 462 g/mol. The zero-order chi connectivity index (χ0) is 25.9. The Balaban J connectivity index is 1.87. The molecular formula is C31H47N3OS. The summed E-state index contributed by atoms with van der Waals surface area (Å²) in [6.45, 7) is 13.4. The van der Waals surface area contributed by atoms with Crippen molar-refractivity contribution in [3.05, 3.63) is 62.1 Å². The first-order chi connectivity index (χ1) is 17.5. The number of hydrogen-bond acceptors (Lipinski definition) is 3. The summed E-state index contributed by atoms with van der Waals surface area (Å²) in [4.78, 5) is 14.6. The molecule has 0 saturated carbocycles. The Morgan fingerprint density at radius 2 is 1.94 bits per heavy atom. The van der Waals surface area contributed by atoms with E-state index in [-0.39, 0.29) is 6.03 Å². The van der Waals surface area contributed by atoms with Gasteiger partial charge in [-0.25, -0.2) is 4.79 Å². The lowest BCUT2D eigenvalue weighted by atomic mass is 9.86. The van der Waals surface area contributed by atoms with Gasteiger partial charge in [-0.2, -0.15) is 0 Å². The number of carbonyl (C=O) groups is 1. The summed E-state index contributed by atoms with van der Waals surface area (Å²) in [5.41, 5.74) is 9.55. The largest absolute Gasteiger partial charge is 0.334 e. The number of nitrogens with one attached hydrogen (secondary N) is 3. The van der Waals surface area contributed by atoms with Crippen LogP contribution in [0, 0.1) is 6.92 Å². The SMILES string of the molecule is C\C=C/C(=C\CCC)C(/C)=C(\CNC(=O)Nc1sc2c(c1C)CCCC2)C1=C(CCCC)CNCC1. The predicted molar refractivity (Wildman–Crippen MR) is 157 cm³/mol. The van der Waals surface area contributed by atoms with E-state index in [4.69, 9.17) is 0 Å². The number of amides is 2. The van der Waals surface area contributed by atoms with E-state index in [0.717, 1.165) is 56.6 Å². The first-order valence-electron chi connectivity index (χ1n) is 14.1. The molecule has 0 fully saturated rings. The van der Waals surface area contributed by atoms with Gasteiger partial charge in [0.05, 0.1) is 5.00 Å². The summed E-state index contributed by atoms with van der Waals surface area (Å²) in [5, 5.41) is 11.0. The first-order valence-corrected chi connectivity index (χ1v) is 14.9. The second kappa shape index (κ2) is 14.6. The van der Waals surface area contributed by atoms with Gasteiger partial charge in [-0.15, -0.1) is 11.3 Å². The van der Waals surface area contributed by atoms with Crippen molar-refractivity contribution in [3.8, 4) is 0 Å². The second-order valence-corrected chi connectivity index (χ2v) is 11.2. The number of aryl methyl sites for hydroxylation is 1. The van der Waals surface area contributed by atoms with Crippen LogP contribution in [0.5, 0.6) is 0 Å². The van der Waals surface area contributed by atoms with E-state index in [1.807, 2.05) is 0 Å². The number of carbonyl (C=O) groups excluding carboxylic acids is 1. The minimum absolute atomic E-state index is 0.100. The van der Waals surface area contributed by atoms with Crippen molar-refractivity contribution in [2.75, 3.05) is 25.0 Å². The van der Waals surface area contributed by atoms with E-state index >= 15 is 0 Å². The molecule has 0 atom stereocenters. The highest BCUT2D eigenvalue weighted by molar-refractivity contribution is 7.16. The molecule has 0 unspecified atom stereocenters. The molecule has 3 N–H and O–H groups in total. The molecule has 0 radical (unpaired) electrons. The van der Waals surface area contributed by atoms with Crippen LogP contribution >= 0.6 is 11.3 Å². The zero-order valence-electron chi connectivity index (χ0n) is 23.2. The summed E-state index contributed by atoms with van der Waals surface area (Å²) in [6.07, 6.45) is 18.2. The second-order valence-electron chi connectivity index (χ2n) is 10.1. The fourth-order valence-electron chi connectivity index (χ4n) is 5.35. The minimum Gasteiger partial charge on any atom is -0.334 e. The molecule has 1 aromatic rings. The van der Waals surface area contributed by atoms with Crippen LogP contribution < -0.4 is 16.0 Å². The van der Waals surface area contributed by atoms with E-state index < -0.39 is 0 Å². The van der Waals surface area contributed by atoms with Crippen molar-refractivity contribution >= 4 is 22.4 Å². The first kappa shape index (κ1) is 28.5. The van der Waals surface area contributed by atoms with Crippen molar-refractivity contribution in [1.29, 1.82) is 0 Å². The molecule has 1 aliphatic carbocycles. The molecule has 2 heterocycles. The van der Waals surface area contributed by atoms with Gasteiger partial charge in [0.1, 0.15) is 0 Å². The zero-order valence-corrected chi connectivity index (χ0v) is 24.1. The summed E-state index contributed by atoms with van der Waals surface area (Å²) in [5.74, 6) is 0. The van der Waals surface area contributed by atoms with Crippen LogP contribution in [-0.4, -0.2) is 25.7 Å². The normalized spacial score (nSPS) is 17.3. The van der Waals surface area contributed by atoms with Crippen molar-refractivity contribution < 1.29 is 4.79 Å². The molecule has 5 heteroatoms. The van der Waals surface area contributed by atoms with E-state index in [1.54, 1.807) is 11.3 Å². The van der Waals surface area contributed by atoms with E-state index in [9.17, 15) is 4.79 Å². The average Bonchev–Trinajstić information content (AvgIpc) is 3.20. The number of rotatable bonds is 11. The average molecular weight is 510 g/mol. The molecule has 198 valence electrons. The van der Waals surface area contributed by atoms with Crippen molar-refractivity contribution in [2.24, 2.45) is 0 Å². The lowest BCUT2D eigenvalue weighted by Gasteiger charge is -2.26.